The van der Waals surface area contributed by atoms with Gasteiger partial charge in [0.25, 0.3) is 5.56 Å². The Bertz CT molecular complexity index is 1280. The number of nitrogens with zero attached hydrogens (tertiary/aromatic N) is 4. The van der Waals surface area contributed by atoms with Crippen LogP contribution < -0.4 is 5.56 Å². The Balaban J connectivity index is 1.51. The number of hydrogen-bond acceptors (Lipinski definition) is 6. The predicted octanol–water partition coefficient (Wildman–Crippen LogP) is 4.12. The van der Waals surface area contributed by atoms with Crippen molar-refractivity contribution in [1.29, 1.82) is 0 Å². The van der Waals surface area contributed by atoms with E-state index in [1.807, 2.05) is 55.5 Å². The van der Waals surface area contributed by atoms with Crippen LogP contribution in [0.3, 0.4) is 0 Å². The number of para-hydroxylation sites is 3. The third kappa shape index (κ3) is 3.70. The van der Waals surface area contributed by atoms with Crippen LogP contribution in [0.2, 0.25) is 0 Å². The first kappa shape index (κ1) is 19.2. The molecule has 30 heavy (non-hydrogen) atoms. The lowest BCUT2D eigenvalue weighted by molar-refractivity contribution is 0.0937. The minimum absolute atomic E-state index is 0.0140. The number of rotatable bonds is 5. The summed E-state index contributed by atoms with van der Waals surface area (Å²) in [5.41, 5.74) is 4.28. The van der Waals surface area contributed by atoms with Crippen molar-refractivity contribution in [2.45, 2.75) is 43.3 Å². The van der Waals surface area contributed by atoms with Crippen LogP contribution in [-0.4, -0.2) is 32.2 Å². The topological polar surface area (TPSA) is 69.9 Å². The molecule has 1 saturated heterocycles. The molecule has 152 valence electrons. The molecule has 0 bridgehead atoms. The molecule has 1 aliphatic heterocycles. The van der Waals surface area contributed by atoms with E-state index in [0.29, 0.717) is 22.8 Å². The number of thioether (sulfide) groups is 1. The SMILES string of the molecule is Cc1nc2ccccc2nc1CSc1nc2ccccc2c(=O)n1CC1CCCO1. The van der Waals surface area contributed by atoms with Crippen molar-refractivity contribution in [3.8, 4) is 0 Å². The van der Waals surface area contributed by atoms with Crippen molar-refractivity contribution in [1.82, 2.24) is 19.5 Å². The normalized spacial score (nSPS) is 16.5. The monoisotopic (exact) mass is 418 g/mol. The molecule has 6 nitrogen and oxygen atoms in total. The van der Waals surface area contributed by atoms with Crippen LogP contribution in [0, 0.1) is 6.92 Å². The maximum absolute atomic E-state index is 13.2. The van der Waals surface area contributed by atoms with Gasteiger partial charge >= 0.3 is 0 Å². The van der Waals surface area contributed by atoms with Gasteiger partial charge in [-0.2, -0.15) is 0 Å². The molecule has 3 heterocycles. The fraction of sp³-hybridized carbons (Fsp3) is 0.304. The standard InChI is InChI=1S/C23H22N4O2S/c1-15-21(25-20-11-5-4-10-19(20)24-15)14-30-23-26-18-9-3-2-8-17(18)22(28)27(23)13-16-7-6-12-29-16/h2-5,8-11,16H,6-7,12-14H2,1H3. The second-order valence-electron chi connectivity index (χ2n) is 7.50. The summed E-state index contributed by atoms with van der Waals surface area (Å²) >= 11 is 1.53. The van der Waals surface area contributed by atoms with E-state index >= 15 is 0 Å². The molecular weight excluding hydrogens is 396 g/mol. The molecule has 2 aromatic heterocycles. The summed E-state index contributed by atoms with van der Waals surface area (Å²) < 4.78 is 7.56. The zero-order chi connectivity index (χ0) is 20.5. The van der Waals surface area contributed by atoms with Crippen LogP contribution in [0.15, 0.2) is 58.5 Å². The zero-order valence-electron chi connectivity index (χ0n) is 16.7. The lowest BCUT2D eigenvalue weighted by Crippen LogP contribution is -2.28. The summed E-state index contributed by atoms with van der Waals surface area (Å²) in [7, 11) is 0. The van der Waals surface area contributed by atoms with Crippen molar-refractivity contribution in [3.63, 3.8) is 0 Å². The summed E-state index contributed by atoms with van der Waals surface area (Å²) in [4.78, 5) is 27.5. The van der Waals surface area contributed by atoms with Gasteiger partial charge in [-0.05, 0) is 44.0 Å². The molecule has 0 N–H and O–H groups in total. The van der Waals surface area contributed by atoms with Crippen LogP contribution in [-0.2, 0) is 17.0 Å². The van der Waals surface area contributed by atoms with Gasteiger partial charge in [0, 0.05) is 12.4 Å². The van der Waals surface area contributed by atoms with Gasteiger partial charge in [-0.3, -0.25) is 9.36 Å². The van der Waals surface area contributed by atoms with E-state index in [1.165, 1.54) is 11.8 Å². The van der Waals surface area contributed by atoms with Crippen LogP contribution in [0.25, 0.3) is 21.9 Å². The first-order valence-corrected chi connectivity index (χ1v) is 11.1. The highest BCUT2D eigenvalue weighted by Crippen LogP contribution is 2.25. The number of fused-ring (bicyclic) bond motifs is 2. The van der Waals surface area contributed by atoms with Gasteiger partial charge < -0.3 is 4.74 Å². The van der Waals surface area contributed by atoms with Crippen LogP contribution in [0.4, 0.5) is 0 Å². The van der Waals surface area contributed by atoms with E-state index in [1.54, 1.807) is 4.57 Å². The quantitative estimate of drug-likeness (QED) is 0.359. The van der Waals surface area contributed by atoms with E-state index < -0.39 is 0 Å². The van der Waals surface area contributed by atoms with Crippen molar-refractivity contribution in [3.05, 3.63) is 70.3 Å². The zero-order valence-corrected chi connectivity index (χ0v) is 17.6. The van der Waals surface area contributed by atoms with Gasteiger partial charge in [0.1, 0.15) is 0 Å². The number of benzene rings is 2. The average Bonchev–Trinajstić information content (AvgIpc) is 3.28. The van der Waals surface area contributed by atoms with Crippen molar-refractivity contribution >= 4 is 33.7 Å². The van der Waals surface area contributed by atoms with E-state index in [0.717, 1.165) is 47.4 Å². The Labute approximate surface area is 178 Å². The molecular formula is C23H22N4O2S. The first-order valence-electron chi connectivity index (χ1n) is 10.2. The molecule has 2 aromatic carbocycles. The fourth-order valence-electron chi connectivity index (χ4n) is 3.81. The third-order valence-electron chi connectivity index (χ3n) is 5.42. The van der Waals surface area contributed by atoms with E-state index in [2.05, 4.69) is 4.98 Å². The van der Waals surface area contributed by atoms with Gasteiger partial charge in [-0.1, -0.05) is 36.0 Å². The maximum Gasteiger partial charge on any atom is 0.262 e. The summed E-state index contributed by atoms with van der Waals surface area (Å²) in [6.45, 7) is 3.26. The molecule has 4 aromatic rings. The molecule has 0 radical (unpaired) electrons. The minimum Gasteiger partial charge on any atom is -0.376 e. The maximum atomic E-state index is 13.2. The molecule has 5 rings (SSSR count). The number of aromatic nitrogens is 4. The Morgan fingerprint density at radius 2 is 1.77 bits per heavy atom. The van der Waals surface area contributed by atoms with E-state index in [9.17, 15) is 4.79 Å². The third-order valence-corrected chi connectivity index (χ3v) is 6.41. The van der Waals surface area contributed by atoms with Gasteiger partial charge in [0.05, 0.1) is 46.0 Å². The van der Waals surface area contributed by atoms with E-state index in [-0.39, 0.29) is 11.7 Å². The lowest BCUT2D eigenvalue weighted by atomic mass is 10.2. The highest BCUT2D eigenvalue weighted by molar-refractivity contribution is 7.98. The van der Waals surface area contributed by atoms with E-state index in [4.69, 9.17) is 14.7 Å². The second-order valence-corrected chi connectivity index (χ2v) is 8.44. The van der Waals surface area contributed by atoms with Crippen molar-refractivity contribution in [2.75, 3.05) is 6.61 Å². The summed E-state index contributed by atoms with van der Waals surface area (Å²) in [6, 6.07) is 15.4. The van der Waals surface area contributed by atoms with Crippen molar-refractivity contribution in [2.24, 2.45) is 0 Å². The number of hydrogen-bond donors (Lipinski definition) is 0. The molecule has 0 aliphatic carbocycles. The smallest absolute Gasteiger partial charge is 0.262 e. The highest BCUT2D eigenvalue weighted by atomic mass is 32.2. The summed E-state index contributed by atoms with van der Waals surface area (Å²) in [5.74, 6) is 0.597. The molecule has 0 saturated carbocycles. The molecule has 0 amide bonds. The molecule has 1 aliphatic rings. The number of ether oxygens (including phenoxy) is 1. The van der Waals surface area contributed by atoms with Gasteiger partial charge in [-0.15, -0.1) is 0 Å². The Morgan fingerprint density at radius 3 is 2.53 bits per heavy atom. The highest BCUT2D eigenvalue weighted by Gasteiger charge is 2.20. The van der Waals surface area contributed by atoms with Crippen molar-refractivity contribution < 1.29 is 4.74 Å². The largest absolute Gasteiger partial charge is 0.376 e. The molecule has 1 unspecified atom stereocenters. The predicted molar refractivity (Wildman–Crippen MR) is 119 cm³/mol. The molecule has 7 heteroatoms. The first-order chi connectivity index (χ1) is 14.7. The van der Waals surface area contributed by atoms with Crippen LogP contribution in [0.1, 0.15) is 24.2 Å². The van der Waals surface area contributed by atoms with Gasteiger partial charge in [0.2, 0.25) is 0 Å². The van der Waals surface area contributed by atoms with Gasteiger partial charge in [-0.25, -0.2) is 15.0 Å². The van der Waals surface area contributed by atoms with Gasteiger partial charge in [0.15, 0.2) is 5.16 Å². The lowest BCUT2D eigenvalue weighted by Gasteiger charge is -2.16. The minimum atomic E-state index is -0.0140. The number of aryl methyl sites for hydroxylation is 1. The second kappa shape index (κ2) is 8.16. The van der Waals surface area contributed by atoms with Crippen LogP contribution >= 0.6 is 11.8 Å². The molecule has 1 atom stereocenters. The summed E-state index contributed by atoms with van der Waals surface area (Å²) in [6.07, 6.45) is 2.07. The summed E-state index contributed by atoms with van der Waals surface area (Å²) in [5, 5.41) is 1.34. The fourth-order valence-corrected chi connectivity index (χ4v) is 4.82. The Morgan fingerprint density at radius 1 is 1.03 bits per heavy atom. The molecule has 1 fully saturated rings. The average molecular weight is 419 g/mol. The Hall–Kier alpha value is -2.77. The Kier molecular flexibility index (Phi) is 5.23. The van der Waals surface area contributed by atoms with Crippen LogP contribution in [0.5, 0.6) is 0 Å². The molecule has 0 spiro atoms.